The van der Waals surface area contributed by atoms with Crippen LogP contribution in [0.1, 0.15) is 27.2 Å². The fourth-order valence-corrected chi connectivity index (χ4v) is 3.14. The second kappa shape index (κ2) is 6.64. The number of allylic oxidation sites excluding steroid dienone is 5. The Hall–Kier alpha value is -2.73. The van der Waals surface area contributed by atoms with Gasteiger partial charge >= 0.3 is 0 Å². The number of aliphatic hydroxyl groups excluding tert-OH is 3. The number of fused-ring (bicyclic) bond motifs is 1. The van der Waals surface area contributed by atoms with Gasteiger partial charge in [-0.2, -0.15) is 0 Å². The molecule has 1 unspecified atom stereocenters. The molecule has 0 radical (unpaired) electrons. The van der Waals surface area contributed by atoms with Crippen LogP contribution >= 0.6 is 0 Å². The lowest BCUT2D eigenvalue weighted by Crippen LogP contribution is -2.42. The highest BCUT2D eigenvalue weighted by atomic mass is 16.5. The first-order chi connectivity index (χ1) is 11.6. The van der Waals surface area contributed by atoms with E-state index in [4.69, 9.17) is 4.74 Å². The number of aliphatic hydroxyl groups is 4. The van der Waals surface area contributed by atoms with Gasteiger partial charge in [0.25, 0.3) is 0 Å². The van der Waals surface area contributed by atoms with E-state index < -0.39 is 22.9 Å². The number of ketones is 1. The lowest BCUT2D eigenvalue weighted by molar-refractivity contribution is -0.113. The smallest absolute Gasteiger partial charge is 0.220 e. The van der Waals surface area contributed by atoms with E-state index in [-0.39, 0.29) is 30.1 Å². The summed E-state index contributed by atoms with van der Waals surface area (Å²) in [5.41, 5.74) is 0.153. The zero-order valence-corrected chi connectivity index (χ0v) is 14.5. The van der Waals surface area contributed by atoms with Gasteiger partial charge in [0.05, 0.1) is 0 Å². The van der Waals surface area contributed by atoms with E-state index in [1.165, 1.54) is 25.2 Å². The Morgan fingerprint density at radius 1 is 1.32 bits per heavy atom. The molecule has 0 fully saturated rings. The molecule has 6 nitrogen and oxygen atoms in total. The predicted molar refractivity (Wildman–Crippen MR) is 92.9 cm³/mol. The Bertz CT molecular complexity index is 787. The number of rotatable bonds is 2. The molecule has 2 rings (SSSR count). The third-order valence-corrected chi connectivity index (χ3v) is 4.15. The Morgan fingerprint density at radius 3 is 2.52 bits per heavy atom. The first-order valence-electron chi connectivity index (χ1n) is 7.75. The molecule has 2 aliphatic rings. The molecule has 6 heteroatoms. The van der Waals surface area contributed by atoms with Gasteiger partial charge in [-0.25, -0.2) is 0 Å². The second-order valence-corrected chi connectivity index (χ2v) is 6.32. The molecule has 1 aliphatic carbocycles. The number of carbonyl (C=O) groups is 1. The van der Waals surface area contributed by atoms with Gasteiger partial charge in [-0.15, -0.1) is 0 Å². The van der Waals surface area contributed by atoms with E-state index in [9.17, 15) is 25.2 Å². The van der Waals surface area contributed by atoms with Crippen molar-refractivity contribution < 1.29 is 30.0 Å². The van der Waals surface area contributed by atoms with Crippen LogP contribution in [0.5, 0.6) is 0 Å². The number of carbonyl (C=O) groups excluding carboxylic acids is 1. The zero-order chi connectivity index (χ0) is 18.9. The van der Waals surface area contributed by atoms with E-state index in [2.05, 4.69) is 6.58 Å². The summed E-state index contributed by atoms with van der Waals surface area (Å²) in [4.78, 5) is 12.0. The van der Waals surface area contributed by atoms with Crippen LogP contribution in [0.3, 0.4) is 0 Å². The summed E-state index contributed by atoms with van der Waals surface area (Å²) in [6.07, 6.45) is 4.01. The third-order valence-electron chi connectivity index (χ3n) is 4.15. The first-order valence-corrected chi connectivity index (χ1v) is 7.75. The molecule has 134 valence electrons. The fraction of sp³-hybridized carbons (Fsp3) is 0.316. The lowest BCUT2D eigenvalue weighted by atomic mass is 9.79. The molecule has 0 aromatic heterocycles. The van der Waals surface area contributed by atoms with Crippen LogP contribution in [0, 0.1) is 0 Å². The highest BCUT2D eigenvalue weighted by Gasteiger charge is 2.42. The molecule has 1 heterocycles. The summed E-state index contributed by atoms with van der Waals surface area (Å²) < 4.78 is 5.53. The van der Waals surface area contributed by atoms with Gasteiger partial charge in [0.2, 0.25) is 5.78 Å². The minimum absolute atomic E-state index is 0.0193. The standard InChI is InChI=1S/C19H22O6/c1-5-13-16-11(3)7-15(22)14(21)6-10(2)8-19(16,24)9-25-18(13)17(23)12(4)20/h5-7,20,22-24H,1,8-9H2,2-4H3/b10-6+,15-7+,16-11+,17-12-. The van der Waals surface area contributed by atoms with Crippen molar-refractivity contribution in [3.8, 4) is 0 Å². The van der Waals surface area contributed by atoms with Crippen molar-refractivity contribution in [2.24, 2.45) is 0 Å². The van der Waals surface area contributed by atoms with Crippen LogP contribution in [0.4, 0.5) is 0 Å². The molecule has 0 saturated carbocycles. The van der Waals surface area contributed by atoms with Gasteiger partial charge in [0.15, 0.2) is 17.3 Å². The average Bonchev–Trinajstić information content (AvgIpc) is 2.54. The summed E-state index contributed by atoms with van der Waals surface area (Å²) >= 11 is 0. The highest BCUT2D eigenvalue weighted by molar-refractivity contribution is 6.02. The van der Waals surface area contributed by atoms with Crippen LogP contribution in [-0.4, -0.2) is 38.4 Å². The zero-order valence-electron chi connectivity index (χ0n) is 14.5. The topological polar surface area (TPSA) is 107 Å². The van der Waals surface area contributed by atoms with E-state index >= 15 is 0 Å². The van der Waals surface area contributed by atoms with Crippen molar-refractivity contribution in [2.75, 3.05) is 6.61 Å². The van der Waals surface area contributed by atoms with Crippen molar-refractivity contribution >= 4 is 5.78 Å². The van der Waals surface area contributed by atoms with Crippen LogP contribution in [-0.2, 0) is 9.53 Å². The lowest BCUT2D eigenvalue weighted by Gasteiger charge is -2.38. The third kappa shape index (κ3) is 3.39. The molecule has 0 amide bonds. The van der Waals surface area contributed by atoms with E-state index in [0.29, 0.717) is 16.7 Å². The summed E-state index contributed by atoms with van der Waals surface area (Å²) in [6.45, 7) is 8.10. The van der Waals surface area contributed by atoms with Gasteiger partial charge in [-0.3, -0.25) is 4.79 Å². The molecule has 4 N–H and O–H groups in total. The maximum absolute atomic E-state index is 12.0. The van der Waals surface area contributed by atoms with Crippen molar-refractivity contribution in [1.29, 1.82) is 0 Å². The van der Waals surface area contributed by atoms with E-state index in [0.717, 1.165) is 0 Å². The number of ether oxygens (including phenoxy) is 1. The van der Waals surface area contributed by atoms with E-state index in [1.807, 2.05) is 0 Å². The molecular weight excluding hydrogens is 324 g/mol. The number of hydrogen-bond acceptors (Lipinski definition) is 6. The highest BCUT2D eigenvalue weighted by Crippen LogP contribution is 2.42. The molecule has 25 heavy (non-hydrogen) atoms. The van der Waals surface area contributed by atoms with Crippen LogP contribution in [0.15, 0.2) is 70.1 Å². The van der Waals surface area contributed by atoms with Gasteiger partial charge < -0.3 is 25.2 Å². The average molecular weight is 346 g/mol. The quantitative estimate of drug-likeness (QED) is 0.572. The molecule has 1 aliphatic heterocycles. The largest absolute Gasteiger partial charge is 0.509 e. The minimum atomic E-state index is -1.48. The van der Waals surface area contributed by atoms with Gasteiger partial charge in [0.1, 0.15) is 18.0 Å². The first kappa shape index (κ1) is 18.6. The molecule has 0 aromatic rings. The maximum Gasteiger partial charge on any atom is 0.220 e. The molecular formula is C19H22O6. The van der Waals surface area contributed by atoms with Gasteiger partial charge in [-0.1, -0.05) is 18.2 Å². The SMILES string of the molecule is C=CC1=C(C(/O)=C(\C)O)OCC2(O)C/C(C)=C/C(=O)/C(O)=C\C(C)=C/12. The number of hydrogen-bond donors (Lipinski definition) is 4. The fourth-order valence-electron chi connectivity index (χ4n) is 3.14. The van der Waals surface area contributed by atoms with Crippen molar-refractivity contribution in [1.82, 2.24) is 0 Å². The molecule has 0 aromatic carbocycles. The van der Waals surface area contributed by atoms with E-state index in [1.54, 1.807) is 13.8 Å². The van der Waals surface area contributed by atoms with Crippen LogP contribution in [0.2, 0.25) is 0 Å². The predicted octanol–water partition coefficient (Wildman–Crippen LogP) is 3.21. The second-order valence-electron chi connectivity index (χ2n) is 6.32. The summed E-state index contributed by atoms with van der Waals surface area (Å²) in [5, 5.41) is 40.8. The van der Waals surface area contributed by atoms with Crippen molar-refractivity contribution in [2.45, 2.75) is 32.8 Å². The Morgan fingerprint density at radius 2 is 1.96 bits per heavy atom. The van der Waals surface area contributed by atoms with Gasteiger partial charge in [-0.05, 0) is 38.5 Å². The molecule has 0 saturated heterocycles. The van der Waals surface area contributed by atoms with Gasteiger partial charge in [0, 0.05) is 17.6 Å². The maximum atomic E-state index is 12.0. The van der Waals surface area contributed by atoms with Crippen LogP contribution < -0.4 is 0 Å². The monoisotopic (exact) mass is 346 g/mol. The minimum Gasteiger partial charge on any atom is -0.509 e. The summed E-state index contributed by atoms with van der Waals surface area (Å²) in [6, 6.07) is 0. The van der Waals surface area contributed by atoms with Crippen LogP contribution in [0.25, 0.3) is 0 Å². The Kier molecular flexibility index (Phi) is 4.94. The summed E-state index contributed by atoms with van der Waals surface area (Å²) in [5.74, 6) is -1.84. The molecule has 0 spiro atoms. The summed E-state index contributed by atoms with van der Waals surface area (Å²) in [7, 11) is 0. The Balaban J connectivity index is 2.84. The van der Waals surface area contributed by atoms with Crippen molar-refractivity contribution in [3.05, 3.63) is 70.1 Å². The molecule has 0 bridgehead atoms. The normalized spacial score (nSPS) is 32.7. The molecule has 1 atom stereocenters. The Labute approximate surface area is 146 Å². The van der Waals surface area contributed by atoms with Crippen molar-refractivity contribution in [3.63, 3.8) is 0 Å².